The maximum absolute atomic E-state index is 12.9. The van der Waals surface area contributed by atoms with Crippen LogP contribution in [0.1, 0.15) is 316 Å². The highest BCUT2D eigenvalue weighted by Crippen LogP contribution is 2.16. The van der Waals surface area contributed by atoms with E-state index < -0.39 is 6.10 Å². The van der Waals surface area contributed by atoms with Crippen molar-refractivity contribution >= 4 is 17.9 Å². The summed E-state index contributed by atoms with van der Waals surface area (Å²) in [5, 5.41) is 0. The Bertz CT molecular complexity index is 1510. The number of hydrogen-bond acceptors (Lipinski definition) is 6. The summed E-state index contributed by atoms with van der Waals surface area (Å²) < 4.78 is 16.9. The van der Waals surface area contributed by atoms with Gasteiger partial charge >= 0.3 is 17.9 Å². The molecular formula is C71H122O6. The Morgan fingerprint density at radius 3 is 0.792 bits per heavy atom. The summed E-state index contributed by atoms with van der Waals surface area (Å²) in [5.41, 5.74) is 0. The molecule has 0 fully saturated rings. The fourth-order valence-electron chi connectivity index (χ4n) is 9.18. The van der Waals surface area contributed by atoms with E-state index >= 15 is 0 Å². The average molecular weight is 1070 g/mol. The molecule has 0 radical (unpaired) electrons. The fraction of sp³-hybridized carbons (Fsp3) is 0.732. The van der Waals surface area contributed by atoms with E-state index in [4.69, 9.17) is 14.2 Å². The van der Waals surface area contributed by atoms with Gasteiger partial charge in [0.25, 0.3) is 0 Å². The van der Waals surface area contributed by atoms with E-state index in [1.54, 1.807) is 0 Å². The topological polar surface area (TPSA) is 78.9 Å². The number of carbonyl (C=O) groups is 3. The second-order valence-corrected chi connectivity index (χ2v) is 21.6. The summed E-state index contributed by atoms with van der Waals surface area (Å²) in [7, 11) is 0. The first-order chi connectivity index (χ1) is 38.0. The second-order valence-electron chi connectivity index (χ2n) is 21.6. The van der Waals surface area contributed by atoms with Gasteiger partial charge in [0.1, 0.15) is 13.2 Å². The molecule has 0 aromatic carbocycles. The summed E-state index contributed by atoms with van der Waals surface area (Å²) >= 11 is 0. The molecule has 1 atom stereocenters. The molecule has 0 amide bonds. The number of esters is 3. The number of carbonyl (C=O) groups excluding carboxylic acids is 3. The molecule has 6 nitrogen and oxygen atoms in total. The highest BCUT2D eigenvalue weighted by molar-refractivity contribution is 5.71. The number of unbranched alkanes of at least 4 members (excludes halogenated alkanes) is 32. The number of ether oxygens (including phenoxy) is 3. The smallest absolute Gasteiger partial charge is 0.306 e. The van der Waals surface area contributed by atoms with Crippen molar-refractivity contribution in [3.05, 3.63) is 97.2 Å². The molecule has 0 saturated heterocycles. The third-order valence-corrected chi connectivity index (χ3v) is 14.1. The molecule has 0 N–H and O–H groups in total. The Kier molecular flexibility index (Phi) is 61.8. The molecule has 77 heavy (non-hydrogen) atoms. The zero-order valence-electron chi connectivity index (χ0n) is 50.7. The summed E-state index contributed by atoms with van der Waals surface area (Å²) in [4.78, 5) is 38.2. The van der Waals surface area contributed by atoms with Crippen molar-refractivity contribution in [3.8, 4) is 0 Å². The lowest BCUT2D eigenvalue weighted by Gasteiger charge is -2.18. The summed E-state index contributed by atoms with van der Waals surface area (Å²) in [5.74, 6) is -0.882. The molecule has 0 saturated carbocycles. The van der Waals surface area contributed by atoms with E-state index in [1.165, 1.54) is 167 Å². The van der Waals surface area contributed by atoms with E-state index in [1.807, 2.05) is 0 Å². The van der Waals surface area contributed by atoms with E-state index in [0.29, 0.717) is 19.3 Å². The molecule has 0 aromatic rings. The van der Waals surface area contributed by atoms with Gasteiger partial charge in [0, 0.05) is 19.3 Å². The van der Waals surface area contributed by atoms with E-state index in [-0.39, 0.29) is 31.1 Å². The van der Waals surface area contributed by atoms with Crippen molar-refractivity contribution < 1.29 is 28.6 Å². The predicted octanol–water partition coefficient (Wildman–Crippen LogP) is 22.4. The predicted molar refractivity (Wildman–Crippen MR) is 334 cm³/mol. The minimum absolute atomic E-state index is 0.0789. The van der Waals surface area contributed by atoms with Gasteiger partial charge in [-0.25, -0.2) is 0 Å². The average Bonchev–Trinajstić information content (AvgIpc) is 3.43. The summed E-state index contributed by atoms with van der Waals surface area (Å²) in [6.07, 6.45) is 87.1. The normalized spacial score (nSPS) is 12.7. The van der Waals surface area contributed by atoms with Gasteiger partial charge in [0.05, 0.1) is 0 Å². The third kappa shape index (κ3) is 63.0. The van der Waals surface area contributed by atoms with Crippen LogP contribution < -0.4 is 0 Å². The highest BCUT2D eigenvalue weighted by atomic mass is 16.6. The Balaban J connectivity index is 4.23. The standard InChI is InChI=1S/C71H122O6/c1-4-7-10-13-16-19-21-23-25-27-29-31-33-34-35-36-38-39-41-43-45-47-49-52-55-58-61-64-70(73)76-67-68(66-75-69(72)63-60-57-54-51-18-15-12-9-6-3)77-71(74)65-62-59-56-53-50-48-46-44-42-40-37-32-30-28-26-24-22-20-17-14-11-8-5-2/h7,10,16,19,22-25,28-31,34-35,37,40,68H,4-6,8-9,11-15,17-18,20-21,26-27,32-33,36,38-39,41-67H2,1-3H3/b10-7-,19-16-,24-22-,25-23-,30-28-,31-29-,35-34-,40-37-. The van der Waals surface area contributed by atoms with Crippen LogP contribution in [0.3, 0.4) is 0 Å². The molecule has 0 heterocycles. The number of allylic oxidation sites excluding steroid dienone is 16. The lowest BCUT2D eigenvalue weighted by molar-refractivity contribution is -0.167. The highest BCUT2D eigenvalue weighted by Gasteiger charge is 2.19. The van der Waals surface area contributed by atoms with Crippen LogP contribution in [-0.2, 0) is 28.6 Å². The van der Waals surface area contributed by atoms with Crippen LogP contribution in [0.5, 0.6) is 0 Å². The van der Waals surface area contributed by atoms with Gasteiger partial charge in [-0.2, -0.15) is 0 Å². The molecule has 0 aliphatic carbocycles. The molecule has 0 aromatic heterocycles. The first kappa shape index (κ1) is 73.3. The van der Waals surface area contributed by atoms with E-state index in [9.17, 15) is 14.4 Å². The van der Waals surface area contributed by atoms with Crippen molar-refractivity contribution in [3.63, 3.8) is 0 Å². The Morgan fingerprint density at radius 1 is 0.273 bits per heavy atom. The van der Waals surface area contributed by atoms with Gasteiger partial charge in [-0.1, -0.05) is 291 Å². The van der Waals surface area contributed by atoms with Crippen LogP contribution in [0.2, 0.25) is 0 Å². The molecular weight excluding hydrogens is 949 g/mol. The van der Waals surface area contributed by atoms with Crippen molar-refractivity contribution in [1.82, 2.24) is 0 Å². The second kappa shape index (κ2) is 64.9. The summed E-state index contributed by atoms with van der Waals surface area (Å²) in [6.45, 7) is 6.51. The van der Waals surface area contributed by atoms with Crippen LogP contribution in [0.15, 0.2) is 97.2 Å². The van der Waals surface area contributed by atoms with Crippen molar-refractivity contribution in [2.24, 2.45) is 0 Å². The monoisotopic (exact) mass is 1070 g/mol. The minimum Gasteiger partial charge on any atom is -0.462 e. The van der Waals surface area contributed by atoms with Crippen LogP contribution in [0, 0.1) is 0 Å². The zero-order chi connectivity index (χ0) is 55.7. The molecule has 442 valence electrons. The van der Waals surface area contributed by atoms with Gasteiger partial charge < -0.3 is 14.2 Å². The molecule has 0 spiro atoms. The molecule has 0 aliphatic rings. The Hall–Kier alpha value is -3.67. The van der Waals surface area contributed by atoms with Gasteiger partial charge in [-0.3, -0.25) is 14.4 Å². The first-order valence-corrected chi connectivity index (χ1v) is 32.7. The number of hydrogen-bond donors (Lipinski definition) is 0. The van der Waals surface area contributed by atoms with E-state index in [0.717, 1.165) is 109 Å². The summed E-state index contributed by atoms with van der Waals surface area (Å²) in [6, 6.07) is 0. The van der Waals surface area contributed by atoms with Gasteiger partial charge in [0.15, 0.2) is 6.10 Å². The van der Waals surface area contributed by atoms with Crippen LogP contribution in [0.4, 0.5) is 0 Å². The Morgan fingerprint density at radius 2 is 0.506 bits per heavy atom. The lowest BCUT2D eigenvalue weighted by Crippen LogP contribution is -2.30. The van der Waals surface area contributed by atoms with Gasteiger partial charge in [0.2, 0.25) is 0 Å². The maximum atomic E-state index is 12.9. The van der Waals surface area contributed by atoms with Crippen LogP contribution in [0.25, 0.3) is 0 Å². The lowest BCUT2D eigenvalue weighted by atomic mass is 10.0. The zero-order valence-corrected chi connectivity index (χ0v) is 50.7. The number of rotatable bonds is 59. The minimum atomic E-state index is -0.782. The molecule has 0 rings (SSSR count). The van der Waals surface area contributed by atoms with Gasteiger partial charge in [-0.15, -0.1) is 0 Å². The van der Waals surface area contributed by atoms with Crippen molar-refractivity contribution in [2.45, 2.75) is 322 Å². The SMILES string of the molecule is CC/C=C\C/C=C\C/C=C\C/C=C\C/C=C\CCCCCCCCCCCCCC(=O)OCC(COC(=O)CCCCCCCCCCC)OC(=O)CCCCCCCCCC/C=C\C/C=C\C/C=C\CCCCCCC. The quantitative estimate of drug-likeness (QED) is 0.0261. The maximum Gasteiger partial charge on any atom is 0.306 e. The largest absolute Gasteiger partial charge is 0.462 e. The molecule has 0 bridgehead atoms. The molecule has 1 unspecified atom stereocenters. The molecule has 0 aliphatic heterocycles. The van der Waals surface area contributed by atoms with Crippen LogP contribution >= 0.6 is 0 Å². The first-order valence-electron chi connectivity index (χ1n) is 32.7. The van der Waals surface area contributed by atoms with E-state index in [2.05, 4.69) is 118 Å². The van der Waals surface area contributed by atoms with Crippen LogP contribution in [-0.4, -0.2) is 37.2 Å². The van der Waals surface area contributed by atoms with Crippen molar-refractivity contribution in [2.75, 3.05) is 13.2 Å². The fourth-order valence-corrected chi connectivity index (χ4v) is 9.18. The van der Waals surface area contributed by atoms with Crippen molar-refractivity contribution in [1.29, 1.82) is 0 Å². The van der Waals surface area contributed by atoms with Gasteiger partial charge in [-0.05, 0) is 103 Å². The third-order valence-electron chi connectivity index (χ3n) is 14.1. The molecule has 6 heteroatoms. The Labute approximate surface area is 477 Å².